The fraction of sp³-hybridized carbons (Fsp3) is 0.900. The summed E-state index contributed by atoms with van der Waals surface area (Å²) in [5, 5.41) is 0. The van der Waals surface area contributed by atoms with E-state index in [4.69, 9.17) is 10.5 Å². The SMILES string of the molecule is CSN(SC)C(CC(C)C)C(=O)OCCN.Cl.Cl. The van der Waals surface area contributed by atoms with Crippen molar-refractivity contribution in [2.75, 3.05) is 25.7 Å². The number of carbonyl (C=O) groups excluding carboxylic acids is 1. The minimum absolute atomic E-state index is 0. The fourth-order valence-corrected chi connectivity index (χ4v) is 2.75. The van der Waals surface area contributed by atoms with Gasteiger partial charge in [0, 0.05) is 6.54 Å². The Morgan fingerprint density at radius 1 is 1.28 bits per heavy atom. The Balaban J connectivity index is -0.00000112. The number of nitrogens with two attached hydrogens (primary N) is 1. The molecule has 0 aromatic heterocycles. The van der Waals surface area contributed by atoms with E-state index in [0.29, 0.717) is 19.1 Å². The van der Waals surface area contributed by atoms with E-state index in [-0.39, 0.29) is 36.8 Å². The Labute approximate surface area is 131 Å². The van der Waals surface area contributed by atoms with Crippen LogP contribution in [0.15, 0.2) is 0 Å². The van der Waals surface area contributed by atoms with Crippen molar-refractivity contribution in [2.45, 2.75) is 26.3 Å². The first-order valence-electron chi connectivity index (χ1n) is 5.30. The third kappa shape index (κ3) is 9.58. The average molecular weight is 339 g/mol. The van der Waals surface area contributed by atoms with E-state index in [1.54, 1.807) is 23.9 Å². The lowest BCUT2D eigenvalue weighted by atomic mass is 10.1. The monoisotopic (exact) mass is 338 g/mol. The molecule has 0 saturated heterocycles. The highest BCUT2D eigenvalue weighted by atomic mass is 35.5. The molecular weight excluding hydrogens is 315 g/mol. The van der Waals surface area contributed by atoms with Crippen molar-refractivity contribution in [1.29, 1.82) is 0 Å². The Morgan fingerprint density at radius 3 is 2.11 bits per heavy atom. The first-order valence-corrected chi connectivity index (χ1v) is 7.67. The van der Waals surface area contributed by atoms with Crippen molar-refractivity contribution in [3.05, 3.63) is 0 Å². The maximum atomic E-state index is 11.9. The van der Waals surface area contributed by atoms with Crippen LogP contribution in [-0.2, 0) is 9.53 Å². The summed E-state index contributed by atoms with van der Waals surface area (Å²) in [5.41, 5.74) is 5.32. The van der Waals surface area contributed by atoms with Gasteiger partial charge in [-0.25, -0.2) is 0 Å². The highest BCUT2D eigenvalue weighted by Crippen LogP contribution is 2.25. The molecule has 0 saturated carbocycles. The second-order valence-electron chi connectivity index (χ2n) is 3.75. The normalized spacial score (nSPS) is 11.7. The number of hydrogen-bond donors (Lipinski definition) is 1. The molecule has 1 unspecified atom stereocenters. The van der Waals surface area contributed by atoms with Gasteiger partial charge in [-0.05, 0) is 24.9 Å². The van der Waals surface area contributed by atoms with Crippen molar-refractivity contribution in [3.8, 4) is 0 Å². The molecule has 0 heterocycles. The Hall–Kier alpha value is 0.670. The molecule has 8 heteroatoms. The number of hydrogen-bond acceptors (Lipinski definition) is 6. The van der Waals surface area contributed by atoms with Crippen LogP contribution in [0, 0.1) is 5.92 Å². The highest BCUT2D eigenvalue weighted by molar-refractivity contribution is 8.11. The van der Waals surface area contributed by atoms with Crippen LogP contribution in [0.2, 0.25) is 0 Å². The second-order valence-corrected chi connectivity index (χ2v) is 5.50. The Kier molecular flexibility index (Phi) is 18.6. The van der Waals surface area contributed by atoms with Crippen molar-refractivity contribution < 1.29 is 9.53 Å². The maximum absolute atomic E-state index is 11.9. The largest absolute Gasteiger partial charge is 0.463 e. The summed E-state index contributed by atoms with van der Waals surface area (Å²) in [6.07, 6.45) is 4.71. The van der Waals surface area contributed by atoms with Crippen molar-refractivity contribution in [2.24, 2.45) is 11.7 Å². The van der Waals surface area contributed by atoms with Gasteiger partial charge in [0.05, 0.1) is 0 Å². The smallest absolute Gasteiger partial charge is 0.325 e. The first kappa shape index (κ1) is 23.7. The molecule has 2 N–H and O–H groups in total. The van der Waals surface area contributed by atoms with Gasteiger partial charge >= 0.3 is 5.97 Å². The lowest BCUT2D eigenvalue weighted by molar-refractivity contribution is -0.147. The van der Waals surface area contributed by atoms with Crippen molar-refractivity contribution in [3.63, 3.8) is 0 Å². The molecule has 4 nitrogen and oxygen atoms in total. The Bertz CT molecular complexity index is 208. The van der Waals surface area contributed by atoms with Crippen molar-refractivity contribution >= 4 is 54.7 Å². The average Bonchev–Trinajstić information content (AvgIpc) is 2.25. The molecule has 0 radical (unpaired) electrons. The second kappa shape index (κ2) is 14.1. The summed E-state index contributed by atoms with van der Waals surface area (Å²) in [5.74, 6) is 0.278. The topological polar surface area (TPSA) is 55.6 Å². The van der Waals surface area contributed by atoms with E-state index in [1.165, 1.54) is 0 Å². The molecule has 0 aliphatic heterocycles. The minimum Gasteiger partial charge on any atom is -0.463 e. The number of rotatable bonds is 8. The van der Waals surface area contributed by atoms with Gasteiger partial charge in [-0.1, -0.05) is 37.7 Å². The zero-order valence-electron chi connectivity index (χ0n) is 11.3. The molecule has 0 amide bonds. The lowest BCUT2D eigenvalue weighted by Crippen LogP contribution is -2.36. The summed E-state index contributed by atoms with van der Waals surface area (Å²) in [6, 6.07) is -0.198. The number of esters is 1. The molecule has 112 valence electrons. The van der Waals surface area contributed by atoms with Gasteiger partial charge < -0.3 is 10.5 Å². The van der Waals surface area contributed by atoms with Gasteiger partial charge in [0.15, 0.2) is 0 Å². The number of carbonyl (C=O) groups is 1. The predicted molar refractivity (Wildman–Crippen MR) is 86.6 cm³/mol. The molecule has 0 fully saturated rings. The summed E-state index contributed by atoms with van der Waals surface area (Å²) in [4.78, 5) is 11.9. The van der Waals surface area contributed by atoms with E-state index in [0.717, 1.165) is 6.42 Å². The molecule has 0 spiro atoms. The zero-order valence-corrected chi connectivity index (χ0v) is 14.5. The van der Waals surface area contributed by atoms with Crippen LogP contribution in [0.5, 0.6) is 0 Å². The predicted octanol–water partition coefficient (Wildman–Crippen LogP) is 2.60. The molecule has 0 aromatic carbocycles. The van der Waals surface area contributed by atoms with Gasteiger partial charge in [0.1, 0.15) is 12.6 Å². The molecular formula is C10H24Cl2N2O2S2. The zero-order chi connectivity index (χ0) is 12.6. The van der Waals surface area contributed by atoms with E-state index in [1.807, 2.05) is 16.2 Å². The molecule has 18 heavy (non-hydrogen) atoms. The summed E-state index contributed by atoms with van der Waals surface area (Å²) >= 11 is 3.09. The van der Waals surface area contributed by atoms with Crippen LogP contribution < -0.4 is 5.73 Å². The third-order valence-corrected chi connectivity index (χ3v) is 4.07. The van der Waals surface area contributed by atoms with E-state index in [9.17, 15) is 4.79 Å². The van der Waals surface area contributed by atoms with Crippen LogP contribution in [-0.4, -0.2) is 41.4 Å². The lowest BCUT2D eigenvalue weighted by Gasteiger charge is -2.26. The highest BCUT2D eigenvalue weighted by Gasteiger charge is 2.27. The molecule has 1 atom stereocenters. The summed E-state index contributed by atoms with van der Waals surface area (Å²) in [6.45, 7) is 4.87. The van der Waals surface area contributed by atoms with Crippen LogP contribution in [0.4, 0.5) is 0 Å². The quantitative estimate of drug-likeness (QED) is 0.542. The van der Waals surface area contributed by atoms with Gasteiger partial charge in [-0.2, -0.15) is 3.71 Å². The number of halogens is 2. The standard InChI is InChI=1S/C10H22N2O2S2.2ClH/c1-8(2)7-9(12(15-3)16-4)10(13)14-6-5-11;;/h8-9H,5-7,11H2,1-4H3;2*1H. The molecule has 0 bridgehead atoms. The van der Waals surface area contributed by atoms with Gasteiger partial charge in [-0.15, -0.1) is 24.8 Å². The van der Waals surface area contributed by atoms with E-state index in [2.05, 4.69) is 13.8 Å². The van der Waals surface area contributed by atoms with Gasteiger partial charge in [0.2, 0.25) is 0 Å². The van der Waals surface area contributed by atoms with Crippen LogP contribution in [0.25, 0.3) is 0 Å². The number of nitrogens with zero attached hydrogens (tertiary/aromatic N) is 1. The van der Waals surface area contributed by atoms with Crippen molar-refractivity contribution in [1.82, 2.24) is 3.71 Å². The third-order valence-electron chi connectivity index (χ3n) is 1.94. The van der Waals surface area contributed by atoms with Crippen LogP contribution in [0.3, 0.4) is 0 Å². The molecule has 0 rings (SSSR count). The molecule has 0 aliphatic rings. The van der Waals surface area contributed by atoms with E-state index < -0.39 is 0 Å². The van der Waals surface area contributed by atoms with E-state index >= 15 is 0 Å². The molecule has 0 aliphatic carbocycles. The van der Waals surface area contributed by atoms with Gasteiger partial charge in [0.25, 0.3) is 0 Å². The molecule has 0 aromatic rings. The van der Waals surface area contributed by atoms with Crippen LogP contribution in [0.1, 0.15) is 20.3 Å². The summed E-state index contributed by atoms with van der Waals surface area (Å²) in [7, 11) is 0. The fourth-order valence-electron chi connectivity index (χ4n) is 1.30. The summed E-state index contributed by atoms with van der Waals surface area (Å²) < 4.78 is 7.08. The minimum atomic E-state index is -0.198. The maximum Gasteiger partial charge on any atom is 0.325 e. The van der Waals surface area contributed by atoms with Crippen LogP contribution >= 0.6 is 48.7 Å². The Morgan fingerprint density at radius 2 is 1.78 bits per heavy atom. The number of ether oxygens (including phenoxy) is 1. The van der Waals surface area contributed by atoms with Gasteiger partial charge in [-0.3, -0.25) is 4.79 Å². The first-order chi connectivity index (χ1) is 7.56.